The number of carbonyl (C=O) groups is 2. The summed E-state index contributed by atoms with van der Waals surface area (Å²) in [5, 5.41) is 11.4. The molecule has 0 aromatic heterocycles. The number of nitrogens with one attached hydrogen (secondary N) is 1. The molecule has 2 N–H and O–H groups in total. The molecule has 1 aromatic carbocycles. The van der Waals surface area contributed by atoms with Crippen LogP contribution in [-0.2, 0) is 9.59 Å². The maximum absolute atomic E-state index is 11.6. The summed E-state index contributed by atoms with van der Waals surface area (Å²) in [5.41, 5.74) is 0. The lowest BCUT2D eigenvalue weighted by Crippen LogP contribution is -2.44. The van der Waals surface area contributed by atoms with Gasteiger partial charge in [-0.1, -0.05) is 32.0 Å². The van der Waals surface area contributed by atoms with Crippen molar-refractivity contribution in [2.24, 2.45) is 5.92 Å². The summed E-state index contributed by atoms with van der Waals surface area (Å²) in [7, 11) is 0. The van der Waals surface area contributed by atoms with E-state index < -0.39 is 12.0 Å². The van der Waals surface area contributed by atoms with Crippen molar-refractivity contribution in [2.75, 3.05) is 6.61 Å². The Morgan fingerprint density at radius 2 is 1.89 bits per heavy atom. The van der Waals surface area contributed by atoms with Gasteiger partial charge >= 0.3 is 5.97 Å². The van der Waals surface area contributed by atoms with Crippen molar-refractivity contribution in [1.29, 1.82) is 0 Å². The fourth-order valence-corrected chi connectivity index (χ4v) is 1.54. The second-order valence-electron chi connectivity index (χ2n) is 4.54. The number of para-hydroxylation sites is 1. The predicted molar refractivity (Wildman–Crippen MR) is 71.0 cm³/mol. The summed E-state index contributed by atoms with van der Waals surface area (Å²) >= 11 is 0. The van der Waals surface area contributed by atoms with Crippen LogP contribution in [0, 0.1) is 5.92 Å². The third-order valence-corrected chi connectivity index (χ3v) is 2.59. The Kier molecular flexibility index (Phi) is 5.85. The van der Waals surface area contributed by atoms with Crippen molar-refractivity contribution in [1.82, 2.24) is 5.32 Å². The maximum Gasteiger partial charge on any atom is 0.326 e. The van der Waals surface area contributed by atoms with Crippen LogP contribution in [0.3, 0.4) is 0 Å². The first-order chi connectivity index (χ1) is 9.00. The number of hydrogen-bond acceptors (Lipinski definition) is 3. The second-order valence-corrected chi connectivity index (χ2v) is 4.54. The highest BCUT2D eigenvalue weighted by Gasteiger charge is 2.22. The molecule has 0 radical (unpaired) electrons. The molecule has 19 heavy (non-hydrogen) atoms. The minimum atomic E-state index is -1.02. The number of carbonyl (C=O) groups excluding carboxylic acids is 1. The average Bonchev–Trinajstić information content (AvgIpc) is 2.36. The number of carboxylic acid groups (broad SMARTS) is 1. The lowest BCUT2D eigenvalue weighted by atomic mass is 10.0. The normalized spacial score (nSPS) is 11.9. The molecule has 104 valence electrons. The first-order valence-electron chi connectivity index (χ1n) is 6.20. The Morgan fingerprint density at radius 3 is 2.42 bits per heavy atom. The van der Waals surface area contributed by atoms with Crippen molar-refractivity contribution in [3.05, 3.63) is 30.3 Å². The molecule has 0 unspecified atom stereocenters. The van der Waals surface area contributed by atoms with E-state index in [-0.39, 0.29) is 24.9 Å². The molecule has 0 saturated heterocycles. The van der Waals surface area contributed by atoms with Gasteiger partial charge in [-0.15, -0.1) is 0 Å². The highest BCUT2D eigenvalue weighted by atomic mass is 16.5. The molecule has 0 aliphatic rings. The minimum Gasteiger partial charge on any atom is -0.493 e. The summed E-state index contributed by atoms with van der Waals surface area (Å²) in [4.78, 5) is 22.5. The predicted octanol–water partition coefficient (Wildman–Crippen LogP) is 1.68. The van der Waals surface area contributed by atoms with Crippen LogP contribution in [0.4, 0.5) is 0 Å². The quantitative estimate of drug-likeness (QED) is 0.786. The smallest absolute Gasteiger partial charge is 0.326 e. The van der Waals surface area contributed by atoms with Gasteiger partial charge in [-0.3, -0.25) is 4.79 Å². The Balaban J connectivity index is 2.33. The molecule has 5 nitrogen and oxygen atoms in total. The van der Waals surface area contributed by atoms with Gasteiger partial charge in [-0.2, -0.15) is 0 Å². The van der Waals surface area contributed by atoms with Crippen LogP contribution >= 0.6 is 0 Å². The molecule has 0 fully saturated rings. The molecule has 0 bridgehead atoms. The first-order valence-corrected chi connectivity index (χ1v) is 6.20. The van der Waals surface area contributed by atoms with E-state index in [1.165, 1.54) is 0 Å². The van der Waals surface area contributed by atoms with Crippen molar-refractivity contribution in [3.63, 3.8) is 0 Å². The van der Waals surface area contributed by atoms with E-state index in [2.05, 4.69) is 5.32 Å². The van der Waals surface area contributed by atoms with E-state index in [4.69, 9.17) is 9.84 Å². The van der Waals surface area contributed by atoms with Crippen LogP contribution in [0.2, 0.25) is 0 Å². The molecule has 0 spiro atoms. The SMILES string of the molecule is CC(C)[C@H](NC(=O)CCOc1ccccc1)C(=O)O. The zero-order valence-corrected chi connectivity index (χ0v) is 11.1. The van der Waals surface area contributed by atoms with Gasteiger partial charge in [0.05, 0.1) is 13.0 Å². The van der Waals surface area contributed by atoms with E-state index in [0.717, 1.165) is 0 Å². The zero-order valence-electron chi connectivity index (χ0n) is 11.1. The monoisotopic (exact) mass is 265 g/mol. The molecule has 0 aliphatic heterocycles. The van der Waals surface area contributed by atoms with Crippen molar-refractivity contribution < 1.29 is 19.4 Å². The standard InChI is InChI=1S/C14H19NO4/c1-10(2)13(14(17)18)15-12(16)8-9-19-11-6-4-3-5-7-11/h3-7,10,13H,8-9H2,1-2H3,(H,15,16)(H,17,18)/t13-/m0/s1. The van der Waals surface area contributed by atoms with Crippen LogP contribution in [0.1, 0.15) is 20.3 Å². The van der Waals surface area contributed by atoms with Gasteiger partial charge in [0.15, 0.2) is 0 Å². The molecule has 5 heteroatoms. The summed E-state index contributed by atoms with van der Waals surface area (Å²) in [6, 6.07) is 8.30. The molecule has 0 aliphatic carbocycles. The third kappa shape index (κ3) is 5.42. The number of carboxylic acids is 1. The van der Waals surface area contributed by atoms with Crippen LogP contribution in [0.25, 0.3) is 0 Å². The van der Waals surface area contributed by atoms with E-state index in [1.807, 2.05) is 18.2 Å². The summed E-state index contributed by atoms with van der Waals surface area (Å²) in [6.07, 6.45) is 0.130. The Labute approximate surface area is 112 Å². The molecule has 1 atom stereocenters. The largest absolute Gasteiger partial charge is 0.493 e. The summed E-state index contributed by atoms with van der Waals surface area (Å²) in [5.74, 6) is -0.810. The van der Waals surface area contributed by atoms with Gasteiger partial charge in [0.25, 0.3) is 0 Å². The molecule has 0 saturated carbocycles. The number of aliphatic carboxylic acids is 1. The Hall–Kier alpha value is -2.04. The zero-order chi connectivity index (χ0) is 14.3. The van der Waals surface area contributed by atoms with E-state index >= 15 is 0 Å². The van der Waals surface area contributed by atoms with Gasteiger partial charge in [-0.05, 0) is 18.1 Å². The molecule has 1 aromatic rings. The number of amides is 1. The molecule has 1 rings (SSSR count). The average molecular weight is 265 g/mol. The van der Waals surface area contributed by atoms with Crippen LogP contribution < -0.4 is 10.1 Å². The number of hydrogen-bond donors (Lipinski definition) is 2. The number of ether oxygens (including phenoxy) is 1. The Bertz CT molecular complexity index is 417. The molecular formula is C14H19NO4. The number of rotatable bonds is 7. The maximum atomic E-state index is 11.6. The lowest BCUT2D eigenvalue weighted by Gasteiger charge is -2.17. The van der Waals surface area contributed by atoms with E-state index in [9.17, 15) is 9.59 Å². The fraction of sp³-hybridized carbons (Fsp3) is 0.429. The summed E-state index contributed by atoms with van der Waals surface area (Å²) in [6.45, 7) is 3.72. The van der Waals surface area contributed by atoms with Gasteiger partial charge in [0.1, 0.15) is 11.8 Å². The van der Waals surface area contributed by atoms with Crippen LogP contribution in [0.5, 0.6) is 5.75 Å². The van der Waals surface area contributed by atoms with Crippen LogP contribution in [0.15, 0.2) is 30.3 Å². The van der Waals surface area contributed by atoms with Gasteiger partial charge in [0, 0.05) is 0 Å². The van der Waals surface area contributed by atoms with Gasteiger partial charge < -0.3 is 15.2 Å². The highest BCUT2D eigenvalue weighted by molar-refractivity contribution is 5.83. The fourth-order valence-electron chi connectivity index (χ4n) is 1.54. The summed E-state index contributed by atoms with van der Waals surface area (Å²) < 4.78 is 5.37. The highest BCUT2D eigenvalue weighted by Crippen LogP contribution is 2.08. The molecular weight excluding hydrogens is 246 g/mol. The van der Waals surface area contributed by atoms with Crippen molar-refractivity contribution in [3.8, 4) is 5.75 Å². The minimum absolute atomic E-state index is 0.130. The first kappa shape index (κ1) is 15.0. The third-order valence-electron chi connectivity index (χ3n) is 2.59. The molecule has 0 heterocycles. The second kappa shape index (κ2) is 7.41. The lowest BCUT2D eigenvalue weighted by molar-refractivity contribution is -0.143. The molecule has 1 amide bonds. The Morgan fingerprint density at radius 1 is 1.26 bits per heavy atom. The van der Waals surface area contributed by atoms with Gasteiger partial charge in [-0.25, -0.2) is 4.79 Å². The van der Waals surface area contributed by atoms with Crippen molar-refractivity contribution in [2.45, 2.75) is 26.3 Å². The van der Waals surface area contributed by atoms with Gasteiger partial charge in [0.2, 0.25) is 5.91 Å². The van der Waals surface area contributed by atoms with Crippen LogP contribution in [-0.4, -0.2) is 29.6 Å². The van der Waals surface area contributed by atoms with E-state index in [1.54, 1.807) is 26.0 Å². The number of benzene rings is 1. The van der Waals surface area contributed by atoms with Crippen molar-refractivity contribution >= 4 is 11.9 Å². The topological polar surface area (TPSA) is 75.6 Å². The van der Waals surface area contributed by atoms with E-state index in [0.29, 0.717) is 5.75 Å².